The Morgan fingerprint density at radius 3 is 2.59 bits per heavy atom. The lowest BCUT2D eigenvalue weighted by atomic mass is 10.1. The van der Waals surface area contributed by atoms with Gasteiger partial charge in [-0.3, -0.25) is 9.79 Å². The highest BCUT2D eigenvalue weighted by Crippen LogP contribution is 2.03. The van der Waals surface area contributed by atoms with Crippen LogP contribution in [0.4, 0.5) is 0 Å². The third kappa shape index (κ3) is 7.11. The summed E-state index contributed by atoms with van der Waals surface area (Å²) in [6, 6.07) is 7.59. The highest BCUT2D eigenvalue weighted by atomic mass is 16.1. The molecule has 0 saturated heterocycles. The van der Waals surface area contributed by atoms with Crippen molar-refractivity contribution in [3.05, 3.63) is 35.4 Å². The Labute approximate surface area is 133 Å². The fraction of sp³-hybridized carbons (Fsp3) is 0.529. The lowest BCUT2D eigenvalue weighted by molar-refractivity contribution is 0.0954. The second-order valence-electron chi connectivity index (χ2n) is 5.17. The zero-order chi connectivity index (χ0) is 16.2. The van der Waals surface area contributed by atoms with Gasteiger partial charge in [0.25, 0.3) is 5.91 Å². The standard InChI is InChI=1S/C17H28N4O/c1-4-6-10-20-17(18-5-2)21-12-11-19-16(22)15-9-7-8-14(3)13-15/h7-9,13H,4-6,10-12H2,1-3H3,(H,19,22)(H2,18,20,21). The number of benzene rings is 1. The molecule has 0 aliphatic heterocycles. The SMILES string of the molecule is CCCCN=C(NCC)NCCNC(=O)c1cccc(C)c1. The maximum absolute atomic E-state index is 12.0. The molecule has 1 aromatic rings. The van der Waals surface area contributed by atoms with E-state index in [4.69, 9.17) is 0 Å². The molecule has 0 fully saturated rings. The van der Waals surface area contributed by atoms with Crippen molar-refractivity contribution in [1.29, 1.82) is 0 Å². The van der Waals surface area contributed by atoms with E-state index in [1.165, 1.54) is 0 Å². The van der Waals surface area contributed by atoms with E-state index in [0.717, 1.165) is 37.5 Å². The molecule has 0 aromatic heterocycles. The monoisotopic (exact) mass is 304 g/mol. The van der Waals surface area contributed by atoms with Crippen LogP contribution in [-0.4, -0.2) is 38.0 Å². The van der Waals surface area contributed by atoms with Gasteiger partial charge in [0.05, 0.1) is 0 Å². The highest BCUT2D eigenvalue weighted by Gasteiger charge is 2.04. The van der Waals surface area contributed by atoms with Crippen LogP contribution < -0.4 is 16.0 Å². The summed E-state index contributed by atoms with van der Waals surface area (Å²) in [5, 5.41) is 9.32. The highest BCUT2D eigenvalue weighted by molar-refractivity contribution is 5.94. The van der Waals surface area contributed by atoms with Crippen LogP contribution >= 0.6 is 0 Å². The van der Waals surface area contributed by atoms with Crippen molar-refractivity contribution >= 4 is 11.9 Å². The van der Waals surface area contributed by atoms with Gasteiger partial charge in [0.15, 0.2) is 5.96 Å². The van der Waals surface area contributed by atoms with Crippen molar-refractivity contribution in [3.63, 3.8) is 0 Å². The molecule has 3 N–H and O–H groups in total. The van der Waals surface area contributed by atoms with Crippen LogP contribution in [0.25, 0.3) is 0 Å². The number of aliphatic imine (C=N–C) groups is 1. The molecule has 1 amide bonds. The number of nitrogens with one attached hydrogen (secondary N) is 3. The summed E-state index contributed by atoms with van der Waals surface area (Å²) in [6.07, 6.45) is 2.22. The fourth-order valence-corrected chi connectivity index (χ4v) is 1.94. The molecule has 0 spiro atoms. The number of nitrogens with zero attached hydrogens (tertiary/aromatic N) is 1. The number of carbonyl (C=O) groups is 1. The lowest BCUT2D eigenvalue weighted by Crippen LogP contribution is -2.41. The summed E-state index contributed by atoms with van der Waals surface area (Å²) >= 11 is 0. The second kappa shape index (κ2) is 10.7. The molecule has 5 nitrogen and oxygen atoms in total. The van der Waals surface area contributed by atoms with Gasteiger partial charge in [0.1, 0.15) is 0 Å². The molecule has 1 rings (SSSR count). The van der Waals surface area contributed by atoms with Gasteiger partial charge in [-0.05, 0) is 32.4 Å². The molecule has 1 aromatic carbocycles. The van der Waals surface area contributed by atoms with Crippen molar-refractivity contribution in [2.45, 2.75) is 33.6 Å². The maximum atomic E-state index is 12.0. The number of aryl methyl sites for hydroxylation is 1. The van der Waals surface area contributed by atoms with Crippen LogP contribution in [0.3, 0.4) is 0 Å². The van der Waals surface area contributed by atoms with Gasteiger partial charge in [-0.1, -0.05) is 31.0 Å². The Balaban J connectivity index is 2.33. The van der Waals surface area contributed by atoms with Gasteiger partial charge in [-0.25, -0.2) is 0 Å². The molecular weight excluding hydrogens is 276 g/mol. The Morgan fingerprint density at radius 2 is 1.91 bits per heavy atom. The Morgan fingerprint density at radius 1 is 1.14 bits per heavy atom. The third-order valence-electron chi connectivity index (χ3n) is 3.11. The van der Waals surface area contributed by atoms with Crippen LogP contribution in [0.5, 0.6) is 0 Å². The van der Waals surface area contributed by atoms with E-state index in [1.807, 2.05) is 38.1 Å². The minimum Gasteiger partial charge on any atom is -0.357 e. The van der Waals surface area contributed by atoms with Gasteiger partial charge in [-0.15, -0.1) is 0 Å². The first-order valence-electron chi connectivity index (χ1n) is 8.04. The predicted molar refractivity (Wildman–Crippen MR) is 92.4 cm³/mol. The van der Waals surface area contributed by atoms with Crippen LogP contribution in [-0.2, 0) is 0 Å². The normalized spacial score (nSPS) is 11.1. The van der Waals surface area contributed by atoms with E-state index < -0.39 is 0 Å². The quantitative estimate of drug-likeness (QED) is 0.391. The average Bonchev–Trinajstić information content (AvgIpc) is 2.51. The number of guanidine groups is 1. The van der Waals surface area contributed by atoms with Gasteiger partial charge in [0.2, 0.25) is 0 Å². The minimum atomic E-state index is -0.0431. The minimum absolute atomic E-state index is 0.0431. The van der Waals surface area contributed by atoms with E-state index in [1.54, 1.807) is 0 Å². The molecule has 122 valence electrons. The molecule has 0 aliphatic rings. The molecule has 0 bridgehead atoms. The largest absolute Gasteiger partial charge is 0.357 e. The van der Waals surface area contributed by atoms with E-state index in [0.29, 0.717) is 18.7 Å². The molecule has 5 heteroatoms. The van der Waals surface area contributed by atoms with Crippen LogP contribution in [0.1, 0.15) is 42.6 Å². The smallest absolute Gasteiger partial charge is 0.251 e. The summed E-state index contributed by atoms with van der Waals surface area (Å²) in [4.78, 5) is 16.5. The first-order valence-corrected chi connectivity index (χ1v) is 8.04. The third-order valence-corrected chi connectivity index (χ3v) is 3.11. The summed E-state index contributed by atoms with van der Waals surface area (Å²) in [5.74, 6) is 0.763. The molecule has 0 atom stereocenters. The topological polar surface area (TPSA) is 65.5 Å². The van der Waals surface area contributed by atoms with Crippen molar-refractivity contribution in [3.8, 4) is 0 Å². The molecule has 22 heavy (non-hydrogen) atoms. The zero-order valence-electron chi connectivity index (χ0n) is 13.9. The Kier molecular flexibility index (Phi) is 8.72. The molecule has 0 heterocycles. The second-order valence-corrected chi connectivity index (χ2v) is 5.17. The van der Waals surface area contributed by atoms with Crippen molar-refractivity contribution in [1.82, 2.24) is 16.0 Å². The summed E-state index contributed by atoms with van der Waals surface area (Å²) in [5.41, 5.74) is 1.78. The summed E-state index contributed by atoms with van der Waals surface area (Å²) in [7, 11) is 0. The number of carbonyl (C=O) groups excluding carboxylic acids is 1. The van der Waals surface area contributed by atoms with Gasteiger partial charge in [-0.2, -0.15) is 0 Å². The van der Waals surface area contributed by atoms with E-state index in [9.17, 15) is 4.79 Å². The molecule has 0 unspecified atom stereocenters. The number of rotatable bonds is 8. The first kappa shape index (κ1) is 18.0. The van der Waals surface area contributed by atoms with Crippen LogP contribution in [0, 0.1) is 6.92 Å². The Bertz CT molecular complexity index is 485. The number of hydrogen-bond acceptors (Lipinski definition) is 2. The number of amides is 1. The number of hydrogen-bond donors (Lipinski definition) is 3. The Hall–Kier alpha value is -2.04. The van der Waals surface area contributed by atoms with Crippen LogP contribution in [0.15, 0.2) is 29.3 Å². The summed E-state index contributed by atoms with van der Waals surface area (Å²) in [6.45, 7) is 9.02. The first-order chi connectivity index (χ1) is 10.7. The van der Waals surface area contributed by atoms with Gasteiger partial charge < -0.3 is 16.0 Å². The van der Waals surface area contributed by atoms with Crippen molar-refractivity contribution in [2.75, 3.05) is 26.2 Å². The van der Waals surface area contributed by atoms with Gasteiger partial charge in [0, 0.05) is 31.7 Å². The zero-order valence-corrected chi connectivity index (χ0v) is 13.9. The summed E-state index contributed by atoms with van der Waals surface area (Å²) < 4.78 is 0. The van der Waals surface area contributed by atoms with Crippen molar-refractivity contribution < 1.29 is 4.79 Å². The van der Waals surface area contributed by atoms with Gasteiger partial charge >= 0.3 is 0 Å². The molecular formula is C17H28N4O. The van der Waals surface area contributed by atoms with Crippen molar-refractivity contribution in [2.24, 2.45) is 4.99 Å². The molecule has 0 aliphatic carbocycles. The van der Waals surface area contributed by atoms with E-state index in [-0.39, 0.29) is 5.91 Å². The van der Waals surface area contributed by atoms with Crippen LogP contribution in [0.2, 0.25) is 0 Å². The van der Waals surface area contributed by atoms with E-state index >= 15 is 0 Å². The molecule has 0 saturated carbocycles. The predicted octanol–water partition coefficient (Wildman–Crippen LogP) is 2.08. The van der Waals surface area contributed by atoms with E-state index in [2.05, 4.69) is 27.9 Å². The number of unbranched alkanes of at least 4 members (excludes halogenated alkanes) is 1. The fourth-order valence-electron chi connectivity index (χ4n) is 1.94. The lowest BCUT2D eigenvalue weighted by Gasteiger charge is -2.12. The maximum Gasteiger partial charge on any atom is 0.251 e. The molecule has 0 radical (unpaired) electrons. The average molecular weight is 304 g/mol.